The Kier molecular flexibility index (Phi) is 4.47. The zero-order chi connectivity index (χ0) is 13.3. The van der Waals surface area contributed by atoms with Crippen LogP contribution in [0, 0.1) is 5.92 Å². The van der Waals surface area contributed by atoms with Crippen molar-refractivity contribution in [3.63, 3.8) is 0 Å². The number of rotatable bonds is 3. The van der Waals surface area contributed by atoms with Gasteiger partial charge >= 0.3 is 0 Å². The molecule has 5 atom stereocenters. The summed E-state index contributed by atoms with van der Waals surface area (Å²) in [5.74, 6) is 0.431. The van der Waals surface area contributed by atoms with Crippen molar-refractivity contribution < 1.29 is 19.3 Å². The normalized spacial score (nSPS) is 42.1. The third kappa shape index (κ3) is 2.79. The molecule has 3 N–H and O–H groups in total. The molecule has 2 aliphatic rings. The average Bonchev–Trinajstić information content (AvgIpc) is 2.74. The third-order valence-electron chi connectivity index (χ3n) is 2.95. The van der Waals surface area contributed by atoms with Crippen molar-refractivity contribution >= 4 is 16.9 Å². The standard InChI is InChI=1S/C11H19FN2O3S/c1-5(2)3-13-11-14-8-7(12)9(16)6(4-15)17-10(8)18-11/h5-10,15-16H,3-4H2,1-2H3,(H,13,14). The van der Waals surface area contributed by atoms with Crippen molar-refractivity contribution in [2.45, 2.75) is 43.7 Å². The summed E-state index contributed by atoms with van der Waals surface area (Å²) in [6, 6.07) is -0.598. The highest BCUT2D eigenvalue weighted by molar-refractivity contribution is 8.14. The molecule has 2 aliphatic heterocycles. The topological polar surface area (TPSA) is 74.1 Å². The van der Waals surface area contributed by atoms with Crippen LogP contribution >= 0.6 is 11.8 Å². The van der Waals surface area contributed by atoms with Gasteiger partial charge in [0.2, 0.25) is 0 Å². The summed E-state index contributed by atoms with van der Waals surface area (Å²) in [6.07, 6.45) is -3.62. The van der Waals surface area contributed by atoms with E-state index in [9.17, 15) is 9.50 Å². The lowest BCUT2D eigenvalue weighted by molar-refractivity contribution is -0.147. The number of amidine groups is 1. The SMILES string of the molecule is CC(C)CN=C1NC2C(OC(CO)C(O)C2F)S1. The lowest BCUT2D eigenvalue weighted by atomic mass is 10.00. The number of thioether (sulfide) groups is 1. The van der Waals surface area contributed by atoms with Gasteiger partial charge in [0.15, 0.2) is 11.3 Å². The van der Waals surface area contributed by atoms with E-state index in [0.29, 0.717) is 17.6 Å². The van der Waals surface area contributed by atoms with Crippen molar-refractivity contribution in [1.82, 2.24) is 5.32 Å². The second-order valence-electron chi connectivity index (χ2n) is 4.99. The van der Waals surface area contributed by atoms with E-state index in [1.165, 1.54) is 11.8 Å². The molecule has 0 aromatic carbocycles. The fraction of sp³-hybridized carbons (Fsp3) is 0.909. The molecule has 2 fully saturated rings. The maximum atomic E-state index is 14.0. The van der Waals surface area contributed by atoms with Crippen LogP contribution in [0.3, 0.4) is 0 Å². The highest BCUT2D eigenvalue weighted by atomic mass is 32.2. The molecule has 0 amide bonds. The average molecular weight is 278 g/mol. The molecule has 2 saturated heterocycles. The second kappa shape index (κ2) is 5.73. The van der Waals surface area contributed by atoms with Gasteiger partial charge in [-0.1, -0.05) is 25.6 Å². The van der Waals surface area contributed by atoms with Crippen molar-refractivity contribution in [3.05, 3.63) is 0 Å². The van der Waals surface area contributed by atoms with E-state index in [1.807, 2.05) is 0 Å². The van der Waals surface area contributed by atoms with E-state index < -0.39 is 29.9 Å². The fourth-order valence-corrected chi connectivity index (χ4v) is 3.08. The van der Waals surface area contributed by atoms with E-state index in [1.54, 1.807) is 0 Å². The van der Waals surface area contributed by atoms with Crippen LogP contribution in [0.15, 0.2) is 4.99 Å². The van der Waals surface area contributed by atoms with Crippen LogP contribution in [0.2, 0.25) is 0 Å². The minimum absolute atomic E-state index is 0.385. The predicted octanol–water partition coefficient (Wildman–Crippen LogP) is 0.120. The molecule has 0 aromatic rings. The zero-order valence-corrected chi connectivity index (χ0v) is 11.2. The fourth-order valence-electron chi connectivity index (χ4n) is 1.94. The lowest BCUT2D eigenvalue weighted by Crippen LogP contribution is -2.57. The Bertz CT molecular complexity index is 329. The molecule has 18 heavy (non-hydrogen) atoms. The first kappa shape index (κ1) is 14.0. The Labute approximate surface area is 110 Å². The van der Waals surface area contributed by atoms with E-state index >= 15 is 0 Å². The molecule has 0 aromatic heterocycles. The second-order valence-corrected chi connectivity index (χ2v) is 6.08. The molecular formula is C11H19FN2O3S. The number of hydrogen-bond acceptors (Lipinski definition) is 5. The molecule has 0 spiro atoms. The Balaban J connectivity index is 2.03. The molecule has 5 nitrogen and oxygen atoms in total. The van der Waals surface area contributed by atoms with Gasteiger partial charge in [-0.25, -0.2) is 4.39 Å². The molecule has 2 rings (SSSR count). The Morgan fingerprint density at radius 3 is 2.89 bits per heavy atom. The minimum atomic E-state index is -1.46. The van der Waals surface area contributed by atoms with Crippen molar-refractivity contribution in [1.29, 1.82) is 0 Å². The molecular weight excluding hydrogens is 259 g/mol. The number of hydrogen-bond donors (Lipinski definition) is 3. The monoisotopic (exact) mass is 278 g/mol. The largest absolute Gasteiger partial charge is 0.394 e. The van der Waals surface area contributed by atoms with Crippen molar-refractivity contribution in [3.8, 4) is 0 Å². The number of alkyl halides is 1. The minimum Gasteiger partial charge on any atom is -0.394 e. The van der Waals surface area contributed by atoms with Gasteiger partial charge < -0.3 is 20.3 Å². The van der Waals surface area contributed by atoms with Gasteiger partial charge in [0.05, 0.1) is 12.6 Å². The summed E-state index contributed by atoms with van der Waals surface area (Å²) < 4.78 is 19.4. The summed E-state index contributed by atoms with van der Waals surface area (Å²) in [6.45, 7) is 4.38. The summed E-state index contributed by atoms with van der Waals surface area (Å²) in [7, 11) is 0. The molecule has 5 unspecified atom stereocenters. The van der Waals surface area contributed by atoms with Gasteiger partial charge in [0.25, 0.3) is 0 Å². The third-order valence-corrected chi connectivity index (χ3v) is 4.06. The van der Waals surface area contributed by atoms with Gasteiger partial charge in [0.1, 0.15) is 17.6 Å². The molecule has 7 heteroatoms. The van der Waals surface area contributed by atoms with Crippen LogP contribution in [0.4, 0.5) is 4.39 Å². The summed E-state index contributed by atoms with van der Waals surface area (Å²) in [5.41, 5.74) is -0.438. The first-order valence-corrected chi connectivity index (χ1v) is 6.97. The number of nitrogens with one attached hydrogen (secondary N) is 1. The number of fused-ring (bicyclic) bond motifs is 1. The van der Waals surface area contributed by atoms with Gasteiger partial charge in [-0.15, -0.1) is 0 Å². The maximum absolute atomic E-state index is 14.0. The summed E-state index contributed by atoms with van der Waals surface area (Å²) in [5, 5.41) is 22.3. The van der Waals surface area contributed by atoms with Crippen LogP contribution in [-0.2, 0) is 4.74 Å². The lowest BCUT2D eigenvalue weighted by Gasteiger charge is -2.36. The molecule has 0 aliphatic carbocycles. The Morgan fingerprint density at radius 2 is 2.28 bits per heavy atom. The molecule has 0 saturated carbocycles. The number of aliphatic hydroxyl groups excluding tert-OH is 2. The van der Waals surface area contributed by atoms with Gasteiger partial charge in [-0.2, -0.15) is 0 Å². The number of aliphatic hydroxyl groups is 2. The van der Waals surface area contributed by atoms with Crippen LogP contribution in [0.1, 0.15) is 13.8 Å². The van der Waals surface area contributed by atoms with Crippen LogP contribution < -0.4 is 5.32 Å². The number of aliphatic imine (C=N–C) groups is 1. The molecule has 2 heterocycles. The van der Waals surface area contributed by atoms with Crippen molar-refractivity contribution in [2.75, 3.05) is 13.2 Å². The van der Waals surface area contributed by atoms with E-state index in [-0.39, 0.29) is 6.61 Å². The van der Waals surface area contributed by atoms with Crippen LogP contribution in [-0.4, -0.2) is 58.4 Å². The van der Waals surface area contributed by atoms with Crippen LogP contribution in [0.25, 0.3) is 0 Å². The number of nitrogens with zero attached hydrogens (tertiary/aromatic N) is 1. The number of halogens is 1. The Hall–Kier alpha value is -0.370. The summed E-state index contributed by atoms with van der Waals surface area (Å²) >= 11 is 1.32. The van der Waals surface area contributed by atoms with Gasteiger partial charge in [-0.05, 0) is 5.92 Å². The smallest absolute Gasteiger partial charge is 0.159 e. The first-order chi connectivity index (χ1) is 8.52. The highest BCUT2D eigenvalue weighted by Gasteiger charge is 2.49. The van der Waals surface area contributed by atoms with E-state index in [4.69, 9.17) is 9.84 Å². The molecule has 104 valence electrons. The van der Waals surface area contributed by atoms with Crippen LogP contribution in [0.5, 0.6) is 0 Å². The molecule has 0 bridgehead atoms. The first-order valence-electron chi connectivity index (χ1n) is 6.09. The quantitative estimate of drug-likeness (QED) is 0.684. The van der Waals surface area contributed by atoms with Gasteiger partial charge in [0, 0.05) is 6.54 Å². The number of ether oxygens (including phenoxy) is 1. The van der Waals surface area contributed by atoms with Gasteiger partial charge in [-0.3, -0.25) is 4.99 Å². The Morgan fingerprint density at radius 1 is 1.56 bits per heavy atom. The van der Waals surface area contributed by atoms with E-state index in [0.717, 1.165) is 0 Å². The zero-order valence-electron chi connectivity index (χ0n) is 10.4. The predicted molar refractivity (Wildman–Crippen MR) is 68.3 cm³/mol. The maximum Gasteiger partial charge on any atom is 0.159 e. The van der Waals surface area contributed by atoms with E-state index in [2.05, 4.69) is 24.2 Å². The molecule has 0 radical (unpaired) electrons. The summed E-state index contributed by atoms with van der Waals surface area (Å²) in [4.78, 5) is 4.33. The van der Waals surface area contributed by atoms with Crippen molar-refractivity contribution in [2.24, 2.45) is 10.9 Å². The highest BCUT2D eigenvalue weighted by Crippen LogP contribution is 2.35.